The Bertz CT molecular complexity index is 621. The average molecular weight is 411 g/mol. The highest BCUT2D eigenvalue weighted by molar-refractivity contribution is 5.30. The Labute approximate surface area is 174 Å². The third-order valence-electron chi connectivity index (χ3n) is 6.55. The molecule has 0 N–H and O–H groups in total. The molecule has 0 spiro atoms. The molecule has 2 fully saturated rings. The molecule has 1 saturated carbocycles. The fourth-order valence-electron chi connectivity index (χ4n) is 4.75. The van der Waals surface area contributed by atoms with Gasteiger partial charge in [-0.3, -0.25) is 0 Å². The summed E-state index contributed by atoms with van der Waals surface area (Å²) >= 11 is 0. The zero-order valence-electron chi connectivity index (χ0n) is 17.9. The summed E-state index contributed by atoms with van der Waals surface area (Å²) in [6.45, 7) is 4.90. The van der Waals surface area contributed by atoms with Crippen molar-refractivity contribution in [3.8, 4) is 5.75 Å². The molecule has 29 heavy (non-hydrogen) atoms. The van der Waals surface area contributed by atoms with Crippen LogP contribution in [0.3, 0.4) is 0 Å². The molecule has 0 aromatic heterocycles. The molecule has 3 nitrogen and oxygen atoms in total. The van der Waals surface area contributed by atoms with Gasteiger partial charge in [0.1, 0.15) is 0 Å². The molecule has 164 valence electrons. The SMILES string of the molecule is CCCCC1CCC(C2CCC(OCc3ccc(OCC)c(F)c3F)CO2)CC1. The molecule has 5 heteroatoms. The second-order valence-corrected chi connectivity index (χ2v) is 8.59. The predicted octanol–water partition coefficient (Wildman–Crippen LogP) is 6.42. The average Bonchev–Trinajstić information content (AvgIpc) is 2.76. The summed E-state index contributed by atoms with van der Waals surface area (Å²) in [7, 11) is 0. The van der Waals surface area contributed by atoms with Crippen LogP contribution in [0.15, 0.2) is 12.1 Å². The number of hydrogen-bond donors (Lipinski definition) is 0. The second kappa shape index (κ2) is 11.3. The molecule has 2 atom stereocenters. The zero-order chi connectivity index (χ0) is 20.6. The van der Waals surface area contributed by atoms with E-state index in [1.165, 1.54) is 57.1 Å². The predicted molar refractivity (Wildman–Crippen MR) is 110 cm³/mol. The fourth-order valence-corrected chi connectivity index (χ4v) is 4.75. The van der Waals surface area contributed by atoms with E-state index in [9.17, 15) is 8.78 Å². The molecule has 2 unspecified atom stereocenters. The van der Waals surface area contributed by atoms with Crippen LogP contribution in [-0.2, 0) is 16.1 Å². The van der Waals surface area contributed by atoms with Crippen LogP contribution in [0.1, 0.15) is 77.2 Å². The third-order valence-corrected chi connectivity index (χ3v) is 6.55. The van der Waals surface area contributed by atoms with Crippen molar-refractivity contribution in [2.24, 2.45) is 11.8 Å². The number of benzene rings is 1. The van der Waals surface area contributed by atoms with E-state index in [4.69, 9.17) is 14.2 Å². The van der Waals surface area contributed by atoms with Crippen molar-refractivity contribution < 1.29 is 23.0 Å². The monoisotopic (exact) mass is 410 g/mol. The van der Waals surface area contributed by atoms with Gasteiger partial charge in [-0.05, 0) is 56.6 Å². The quantitative estimate of drug-likeness (QED) is 0.470. The first kappa shape index (κ1) is 22.5. The van der Waals surface area contributed by atoms with Gasteiger partial charge in [0.05, 0.1) is 32.0 Å². The number of hydrogen-bond acceptors (Lipinski definition) is 3. The van der Waals surface area contributed by atoms with Crippen LogP contribution in [0.4, 0.5) is 8.78 Å². The molecule has 3 rings (SSSR count). The Kier molecular flexibility index (Phi) is 8.73. The maximum absolute atomic E-state index is 14.2. The molecule has 0 bridgehead atoms. The summed E-state index contributed by atoms with van der Waals surface area (Å²) in [5.41, 5.74) is 0.221. The summed E-state index contributed by atoms with van der Waals surface area (Å²) < 4.78 is 45.2. The number of rotatable bonds is 9. The van der Waals surface area contributed by atoms with Gasteiger partial charge in [0.15, 0.2) is 11.6 Å². The smallest absolute Gasteiger partial charge is 0.200 e. The minimum absolute atomic E-state index is 0.0520. The van der Waals surface area contributed by atoms with Gasteiger partial charge < -0.3 is 14.2 Å². The van der Waals surface area contributed by atoms with Crippen LogP contribution in [0.5, 0.6) is 5.75 Å². The highest BCUT2D eigenvalue weighted by atomic mass is 19.2. The molecule has 1 aliphatic carbocycles. The lowest BCUT2D eigenvalue weighted by molar-refractivity contribution is -0.112. The fraction of sp³-hybridized carbons (Fsp3) is 0.750. The van der Waals surface area contributed by atoms with Gasteiger partial charge in [-0.25, -0.2) is 4.39 Å². The topological polar surface area (TPSA) is 27.7 Å². The van der Waals surface area contributed by atoms with Gasteiger partial charge in [0.2, 0.25) is 5.82 Å². The maximum atomic E-state index is 14.2. The van der Waals surface area contributed by atoms with E-state index in [0.717, 1.165) is 18.8 Å². The molecule has 1 heterocycles. The van der Waals surface area contributed by atoms with Crippen molar-refractivity contribution in [2.75, 3.05) is 13.2 Å². The zero-order valence-corrected chi connectivity index (χ0v) is 17.9. The first-order valence-corrected chi connectivity index (χ1v) is 11.4. The first-order valence-electron chi connectivity index (χ1n) is 11.4. The Morgan fingerprint density at radius 3 is 2.45 bits per heavy atom. The van der Waals surface area contributed by atoms with Crippen molar-refractivity contribution in [1.82, 2.24) is 0 Å². The summed E-state index contributed by atoms with van der Waals surface area (Å²) in [4.78, 5) is 0. The van der Waals surface area contributed by atoms with Gasteiger partial charge in [0, 0.05) is 5.56 Å². The molecule has 0 amide bonds. The minimum Gasteiger partial charge on any atom is -0.491 e. The molecule has 2 aliphatic rings. The normalized spacial score (nSPS) is 27.7. The summed E-state index contributed by atoms with van der Waals surface area (Å²) in [5, 5.41) is 0. The molecule has 1 aromatic carbocycles. The third kappa shape index (κ3) is 6.14. The van der Waals surface area contributed by atoms with Crippen LogP contribution in [0.2, 0.25) is 0 Å². The summed E-state index contributed by atoms with van der Waals surface area (Å²) in [6, 6.07) is 3.00. The molecular formula is C24H36F2O3. The first-order chi connectivity index (χ1) is 14.1. The molecule has 1 saturated heterocycles. The highest BCUT2D eigenvalue weighted by Crippen LogP contribution is 2.37. The van der Waals surface area contributed by atoms with Gasteiger partial charge in [-0.15, -0.1) is 0 Å². The van der Waals surface area contributed by atoms with Gasteiger partial charge in [-0.2, -0.15) is 4.39 Å². The van der Waals surface area contributed by atoms with E-state index in [0.29, 0.717) is 25.2 Å². The van der Waals surface area contributed by atoms with Gasteiger partial charge in [-0.1, -0.05) is 39.0 Å². The van der Waals surface area contributed by atoms with E-state index < -0.39 is 11.6 Å². The number of ether oxygens (including phenoxy) is 3. The summed E-state index contributed by atoms with van der Waals surface area (Å²) in [6.07, 6.45) is 11.5. The van der Waals surface area contributed by atoms with Gasteiger partial charge in [0.25, 0.3) is 0 Å². The largest absolute Gasteiger partial charge is 0.491 e. The molecule has 1 aromatic rings. The van der Waals surface area contributed by atoms with Crippen molar-refractivity contribution in [2.45, 2.75) is 90.4 Å². The second-order valence-electron chi connectivity index (χ2n) is 8.59. The highest BCUT2D eigenvalue weighted by Gasteiger charge is 2.32. The van der Waals surface area contributed by atoms with Crippen LogP contribution in [0.25, 0.3) is 0 Å². The van der Waals surface area contributed by atoms with Crippen molar-refractivity contribution in [1.29, 1.82) is 0 Å². The van der Waals surface area contributed by atoms with E-state index in [1.807, 2.05) is 0 Å². The van der Waals surface area contributed by atoms with E-state index in [1.54, 1.807) is 6.92 Å². The van der Waals surface area contributed by atoms with E-state index in [-0.39, 0.29) is 24.0 Å². The Balaban J connectivity index is 1.40. The molecule has 0 radical (unpaired) electrons. The van der Waals surface area contributed by atoms with Crippen LogP contribution in [0, 0.1) is 23.5 Å². The van der Waals surface area contributed by atoms with Crippen molar-refractivity contribution in [3.63, 3.8) is 0 Å². The molecular weight excluding hydrogens is 374 g/mol. The summed E-state index contributed by atoms with van der Waals surface area (Å²) in [5.74, 6) is -0.295. The van der Waals surface area contributed by atoms with Crippen molar-refractivity contribution in [3.05, 3.63) is 29.3 Å². The van der Waals surface area contributed by atoms with Crippen molar-refractivity contribution >= 4 is 0 Å². The number of halogens is 2. The minimum atomic E-state index is -0.942. The lowest BCUT2D eigenvalue weighted by Gasteiger charge is -2.37. The number of unbranched alkanes of at least 4 members (excludes halogenated alkanes) is 1. The maximum Gasteiger partial charge on any atom is 0.200 e. The lowest BCUT2D eigenvalue weighted by Crippen LogP contribution is -2.37. The van der Waals surface area contributed by atoms with Gasteiger partial charge >= 0.3 is 0 Å². The Morgan fingerprint density at radius 2 is 1.79 bits per heavy atom. The Morgan fingerprint density at radius 1 is 1.00 bits per heavy atom. The molecule has 1 aliphatic heterocycles. The van der Waals surface area contributed by atoms with E-state index >= 15 is 0 Å². The lowest BCUT2D eigenvalue weighted by atomic mass is 9.76. The van der Waals surface area contributed by atoms with Crippen LogP contribution >= 0.6 is 0 Å². The van der Waals surface area contributed by atoms with Crippen LogP contribution in [-0.4, -0.2) is 25.4 Å². The Hall–Kier alpha value is -1.20. The van der Waals surface area contributed by atoms with Crippen LogP contribution < -0.4 is 4.74 Å². The standard InChI is InChI=1S/C24H36F2O3/c1-3-5-6-17-7-9-18(10-8-17)21-14-12-20(16-29-21)28-15-19-11-13-22(27-4-2)24(26)23(19)25/h11,13,17-18,20-21H,3-10,12,14-16H2,1-2H3. The van der Waals surface area contributed by atoms with E-state index in [2.05, 4.69) is 6.92 Å².